The van der Waals surface area contributed by atoms with E-state index in [1.165, 1.54) is 4.31 Å². The number of rotatable bonds is 7. The molecule has 1 aliphatic heterocycles. The first-order chi connectivity index (χ1) is 14.2. The maximum Gasteiger partial charge on any atom is 0.305 e. The fourth-order valence-corrected chi connectivity index (χ4v) is 6.20. The first-order valence-corrected chi connectivity index (χ1v) is 12.0. The molecule has 9 nitrogen and oxygen atoms in total. The first-order valence-electron chi connectivity index (χ1n) is 9.70. The summed E-state index contributed by atoms with van der Waals surface area (Å²) in [6, 6.07) is 6.81. The minimum atomic E-state index is -3.72. The fraction of sp³-hybridized carbons (Fsp3) is 0.474. The largest absolute Gasteiger partial charge is 0.492 e. The molecular weight excluding hydrogens is 428 g/mol. The number of aromatic amines is 1. The zero-order chi connectivity index (χ0) is 21.9. The summed E-state index contributed by atoms with van der Waals surface area (Å²) in [7, 11) is -3.72. The van der Waals surface area contributed by atoms with Crippen molar-refractivity contribution in [3.05, 3.63) is 39.6 Å². The molecular formula is C19H26N4O5S2. The van der Waals surface area contributed by atoms with Crippen LogP contribution >= 0.6 is 11.3 Å². The van der Waals surface area contributed by atoms with Gasteiger partial charge in [0.2, 0.25) is 5.91 Å². The van der Waals surface area contributed by atoms with Crippen molar-refractivity contribution in [2.75, 3.05) is 38.1 Å². The molecule has 1 aromatic heterocycles. The van der Waals surface area contributed by atoms with E-state index < -0.39 is 16.1 Å². The molecule has 1 unspecified atom stereocenters. The number of amides is 1. The molecule has 164 valence electrons. The lowest BCUT2D eigenvalue weighted by molar-refractivity contribution is -0.121. The molecule has 1 atom stereocenters. The molecule has 0 spiro atoms. The van der Waals surface area contributed by atoms with Gasteiger partial charge in [-0.1, -0.05) is 23.5 Å². The van der Waals surface area contributed by atoms with Gasteiger partial charge in [-0.15, -0.1) is 0 Å². The molecule has 2 N–H and O–H groups in total. The molecule has 1 aromatic carbocycles. The summed E-state index contributed by atoms with van der Waals surface area (Å²) in [5, 5.41) is 2.90. The van der Waals surface area contributed by atoms with Gasteiger partial charge < -0.3 is 15.0 Å². The predicted octanol–water partition coefficient (Wildman–Crippen LogP) is 1.48. The van der Waals surface area contributed by atoms with E-state index in [4.69, 9.17) is 4.74 Å². The van der Waals surface area contributed by atoms with Crippen molar-refractivity contribution in [2.24, 2.45) is 0 Å². The lowest BCUT2D eigenvalue weighted by atomic mass is 10.2. The number of piperazine rings is 1. The summed E-state index contributed by atoms with van der Waals surface area (Å²) < 4.78 is 32.6. The van der Waals surface area contributed by atoms with E-state index in [0.29, 0.717) is 48.2 Å². The number of thiazole rings is 1. The standard InChI is InChI=1S/C19H26N4O5S2/c1-4-28-16-8-6-5-7-15(16)21-17(24)14(3)22-9-11-23(12-10-22)30(26,27)18-13(2)20-19(25)29-18/h5-8,14H,4,9-12H2,1-3H3,(H,20,25)(H,21,24). The number of benzene rings is 1. The van der Waals surface area contributed by atoms with Crippen LogP contribution in [0.25, 0.3) is 0 Å². The van der Waals surface area contributed by atoms with E-state index in [-0.39, 0.29) is 28.1 Å². The molecule has 11 heteroatoms. The number of hydrogen-bond acceptors (Lipinski definition) is 7. The number of sulfonamides is 1. The van der Waals surface area contributed by atoms with Gasteiger partial charge in [0.15, 0.2) is 4.21 Å². The predicted molar refractivity (Wildman–Crippen MR) is 116 cm³/mol. The second kappa shape index (κ2) is 9.29. The van der Waals surface area contributed by atoms with Gasteiger partial charge in [-0.05, 0) is 32.9 Å². The maximum atomic E-state index is 12.8. The Kier molecular flexibility index (Phi) is 6.96. The van der Waals surface area contributed by atoms with Crippen LogP contribution in [-0.4, -0.2) is 67.3 Å². The Balaban J connectivity index is 1.62. The first kappa shape index (κ1) is 22.5. The van der Waals surface area contributed by atoms with Crippen LogP contribution in [0.15, 0.2) is 33.3 Å². The van der Waals surface area contributed by atoms with Crippen molar-refractivity contribution in [1.29, 1.82) is 0 Å². The summed E-state index contributed by atoms with van der Waals surface area (Å²) in [5.74, 6) is 0.426. The Morgan fingerprint density at radius 3 is 2.53 bits per heavy atom. The smallest absolute Gasteiger partial charge is 0.305 e. The van der Waals surface area contributed by atoms with Gasteiger partial charge in [0.05, 0.1) is 18.3 Å². The molecule has 0 bridgehead atoms. The third kappa shape index (κ3) is 4.75. The van der Waals surface area contributed by atoms with Crippen molar-refractivity contribution in [2.45, 2.75) is 31.0 Å². The number of ether oxygens (including phenoxy) is 1. The number of aromatic nitrogens is 1. The Hall–Kier alpha value is -2.21. The van der Waals surface area contributed by atoms with E-state index in [1.807, 2.05) is 24.0 Å². The van der Waals surface area contributed by atoms with Gasteiger partial charge in [0.1, 0.15) is 5.75 Å². The SMILES string of the molecule is CCOc1ccccc1NC(=O)C(C)N1CCN(S(=O)(=O)c2sc(=O)[nH]c2C)CC1. The Bertz CT molecular complexity index is 1050. The second-order valence-electron chi connectivity index (χ2n) is 6.96. The summed E-state index contributed by atoms with van der Waals surface area (Å²) in [5.41, 5.74) is 0.961. The highest BCUT2D eigenvalue weighted by molar-refractivity contribution is 7.91. The van der Waals surface area contributed by atoms with E-state index in [9.17, 15) is 18.0 Å². The normalized spacial score (nSPS) is 16.9. The average molecular weight is 455 g/mol. The molecule has 1 aliphatic rings. The zero-order valence-corrected chi connectivity index (χ0v) is 18.8. The van der Waals surface area contributed by atoms with Crippen LogP contribution in [0, 0.1) is 6.92 Å². The third-order valence-corrected chi connectivity index (χ3v) is 8.48. The number of hydrogen-bond donors (Lipinski definition) is 2. The van der Waals surface area contributed by atoms with Crippen molar-refractivity contribution in [1.82, 2.24) is 14.2 Å². The molecule has 3 rings (SSSR count). The second-order valence-corrected chi connectivity index (χ2v) is 10.1. The zero-order valence-electron chi connectivity index (χ0n) is 17.2. The highest BCUT2D eigenvalue weighted by Crippen LogP contribution is 2.25. The van der Waals surface area contributed by atoms with E-state index in [0.717, 1.165) is 0 Å². The lowest BCUT2D eigenvalue weighted by Gasteiger charge is -2.36. The monoisotopic (exact) mass is 454 g/mol. The molecule has 30 heavy (non-hydrogen) atoms. The summed E-state index contributed by atoms with van der Waals surface area (Å²) >= 11 is 0.703. The molecule has 1 amide bonds. The number of carbonyl (C=O) groups is 1. The minimum absolute atomic E-state index is 0.0549. The van der Waals surface area contributed by atoms with Gasteiger partial charge in [-0.2, -0.15) is 4.31 Å². The summed E-state index contributed by atoms with van der Waals surface area (Å²) in [4.78, 5) is 28.3. The van der Waals surface area contributed by atoms with Gasteiger partial charge >= 0.3 is 4.87 Å². The Morgan fingerprint density at radius 1 is 1.27 bits per heavy atom. The number of aryl methyl sites for hydroxylation is 1. The molecule has 0 saturated carbocycles. The number of carbonyl (C=O) groups excluding carboxylic acids is 1. The van der Waals surface area contributed by atoms with E-state index in [1.54, 1.807) is 26.0 Å². The van der Waals surface area contributed by atoms with Gasteiger partial charge in [0.25, 0.3) is 10.0 Å². The third-order valence-electron chi connectivity index (χ3n) is 5.00. The van der Waals surface area contributed by atoms with Crippen molar-refractivity contribution in [3.8, 4) is 5.75 Å². The van der Waals surface area contributed by atoms with Crippen molar-refractivity contribution < 1.29 is 17.9 Å². The molecule has 1 saturated heterocycles. The average Bonchev–Trinajstić information content (AvgIpc) is 3.08. The minimum Gasteiger partial charge on any atom is -0.492 e. The number of H-pyrrole nitrogens is 1. The molecule has 2 aromatic rings. The molecule has 0 radical (unpaired) electrons. The van der Waals surface area contributed by atoms with Crippen LogP contribution in [0.1, 0.15) is 19.5 Å². The van der Waals surface area contributed by atoms with Gasteiger partial charge in [0, 0.05) is 31.9 Å². The van der Waals surface area contributed by atoms with Crippen LogP contribution in [0.5, 0.6) is 5.75 Å². The van der Waals surface area contributed by atoms with Crippen LogP contribution < -0.4 is 14.9 Å². The van der Waals surface area contributed by atoms with Crippen LogP contribution in [0.4, 0.5) is 5.69 Å². The number of anilines is 1. The summed E-state index contributed by atoms with van der Waals surface area (Å²) in [6.07, 6.45) is 0. The van der Waals surface area contributed by atoms with Crippen LogP contribution in [-0.2, 0) is 14.8 Å². The molecule has 1 fully saturated rings. The topological polar surface area (TPSA) is 112 Å². The molecule has 0 aliphatic carbocycles. The Labute approximate surface area is 179 Å². The van der Waals surface area contributed by atoms with Gasteiger partial charge in [-0.3, -0.25) is 14.5 Å². The maximum absolute atomic E-state index is 12.8. The number of nitrogens with zero attached hydrogens (tertiary/aromatic N) is 2. The Morgan fingerprint density at radius 2 is 1.93 bits per heavy atom. The number of nitrogens with one attached hydrogen (secondary N) is 2. The number of para-hydroxylation sites is 2. The molecule has 2 heterocycles. The highest BCUT2D eigenvalue weighted by atomic mass is 32.2. The van der Waals surface area contributed by atoms with Crippen molar-refractivity contribution >= 4 is 33.0 Å². The van der Waals surface area contributed by atoms with Gasteiger partial charge in [-0.25, -0.2) is 8.42 Å². The lowest BCUT2D eigenvalue weighted by Crippen LogP contribution is -2.53. The highest BCUT2D eigenvalue weighted by Gasteiger charge is 2.34. The summed E-state index contributed by atoms with van der Waals surface area (Å²) in [6.45, 7) is 7.08. The fourth-order valence-electron chi connectivity index (χ4n) is 3.34. The van der Waals surface area contributed by atoms with Crippen molar-refractivity contribution in [3.63, 3.8) is 0 Å². The van der Waals surface area contributed by atoms with Crippen LogP contribution in [0.2, 0.25) is 0 Å². The van der Waals surface area contributed by atoms with E-state index >= 15 is 0 Å². The van der Waals surface area contributed by atoms with E-state index in [2.05, 4.69) is 10.3 Å². The quantitative estimate of drug-likeness (QED) is 0.655. The van der Waals surface area contributed by atoms with Crippen LogP contribution in [0.3, 0.4) is 0 Å².